The van der Waals surface area contributed by atoms with E-state index in [1.54, 1.807) is 0 Å². The summed E-state index contributed by atoms with van der Waals surface area (Å²) in [7, 11) is -3.75. The third-order valence-corrected chi connectivity index (χ3v) is 6.12. The molecule has 0 aliphatic rings. The molecule has 0 radical (unpaired) electrons. The topological polar surface area (TPSA) is 93.5 Å². The average molecular weight is 490 g/mol. The van der Waals surface area contributed by atoms with Gasteiger partial charge in [-0.05, 0) is 31.0 Å². The molecule has 0 saturated heterocycles. The minimum Gasteiger partial charge on any atom is -0.340 e. The van der Waals surface area contributed by atoms with Gasteiger partial charge >= 0.3 is 6.18 Å². The maximum absolute atomic E-state index is 14.3. The first kappa shape index (κ1) is 22.5. The SMILES string of the molecule is CS(=O)(=O)c1nn(C(CCCC(F)(F)F)c2nc3c(F)cc(Cl)cc3[nH]2)c2cnccc12. The lowest BCUT2D eigenvalue weighted by Crippen LogP contribution is -2.16. The molecule has 0 bridgehead atoms. The summed E-state index contributed by atoms with van der Waals surface area (Å²) < 4.78 is 78.5. The molecule has 170 valence electrons. The smallest absolute Gasteiger partial charge is 0.340 e. The van der Waals surface area contributed by atoms with Gasteiger partial charge in [0.15, 0.2) is 20.7 Å². The number of benzene rings is 1. The maximum atomic E-state index is 14.3. The molecule has 32 heavy (non-hydrogen) atoms. The zero-order chi connectivity index (χ0) is 23.3. The molecule has 0 saturated carbocycles. The number of pyridine rings is 1. The van der Waals surface area contributed by atoms with Crippen molar-refractivity contribution in [2.24, 2.45) is 0 Å². The highest BCUT2D eigenvalue weighted by molar-refractivity contribution is 7.90. The second-order valence-electron chi connectivity index (χ2n) is 7.34. The van der Waals surface area contributed by atoms with Crippen LogP contribution in [0.25, 0.3) is 21.9 Å². The van der Waals surface area contributed by atoms with Crippen molar-refractivity contribution in [2.75, 3.05) is 6.26 Å². The highest BCUT2D eigenvalue weighted by Gasteiger charge is 2.30. The monoisotopic (exact) mass is 489 g/mol. The molecule has 3 aromatic heterocycles. The zero-order valence-corrected chi connectivity index (χ0v) is 18.1. The van der Waals surface area contributed by atoms with Gasteiger partial charge in [-0.1, -0.05) is 11.6 Å². The summed E-state index contributed by atoms with van der Waals surface area (Å²) in [6.45, 7) is 0. The highest BCUT2D eigenvalue weighted by Crippen LogP contribution is 2.33. The van der Waals surface area contributed by atoms with Gasteiger partial charge in [0, 0.05) is 29.3 Å². The molecular formula is C19H16ClF4N5O2S. The van der Waals surface area contributed by atoms with E-state index in [0.717, 1.165) is 12.3 Å². The number of fused-ring (bicyclic) bond motifs is 2. The molecule has 0 aliphatic heterocycles. The fourth-order valence-corrected chi connectivity index (χ4v) is 4.57. The summed E-state index contributed by atoms with van der Waals surface area (Å²) in [4.78, 5) is 11.1. The number of sulfone groups is 1. The van der Waals surface area contributed by atoms with Crippen molar-refractivity contribution in [2.45, 2.75) is 36.5 Å². The third-order valence-electron chi connectivity index (χ3n) is 4.90. The summed E-state index contributed by atoms with van der Waals surface area (Å²) in [5, 5.41) is 4.34. The zero-order valence-electron chi connectivity index (χ0n) is 16.5. The number of hydrogen-bond acceptors (Lipinski definition) is 5. The Morgan fingerprint density at radius 3 is 2.72 bits per heavy atom. The first-order chi connectivity index (χ1) is 14.9. The van der Waals surface area contributed by atoms with E-state index in [2.05, 4.69) is 20.1 Å². The molecule has 0 amide bonds. The minimum atomic E-state index is -4.37. The Hall–Kier alpha value is -2.73. The summed E-state index contributed by atoms with van der Waals surface area (Å²) in [6.07, 6.45) is -2.07. The molecule has 1 unspecified atom stereocenters. The van der Waals surface area contributed by atoms with Crippen molar-refractivity contribution in [3.8, 4) is 0 Å². The minimum absolute atomic E-state index is 0.0388. The fourth-order valence-electron chi connectivity index (χ4n) is 3.56. The molecule has 4 aromatic rings. The normalized spacial score (nSPS) is 13.8. The van der Waals surface area contributed by atoms with Gasteiger partial charge in [0.25, 0.3) is 0 Å². The van der Waals surface area contributed by atoms with Crippen LogP contribution in [-0.4, -0.2) is 45.6 Å². The number of halogens is 5. The summed E-state index contributed by atoms with van der Waals surface area (Å²) >= 11 is 5.89. The Bertz CT molecular complexity index is 1410. The van der Waals surface area contributed by atoms with Crippen LogP contribution in [0.15, 0.2) is 35.6 Å². The van der Waals surface area contributed by atoms with Crippen molar-refractivity contribution in [3.63, 3.8) is 0 Å². The molecule has 1 N–H and O–H groups in total. The predicted octanol–water partition coefficient (Wildman–Crippen LogP) is 4.83. The lowest BCUT2D eigenvalue weighted by Gasteiger charge is -2.17. The largest absolute Gasteiger partial charge is 0.389 e. The highest BCUT2D eigenvalue weighted by atomic mass is 35.5. The number of rotatable bonds is 6. The Morgan fingerprint density at radius 1 is 1.28 bits per heavy atom. The van der Waals surface area contributed by atoms with Crippen molar-refractivity contribution < 1.29 is 26.0 Å². The number of alkyl halides is 3. The standard InChI is InChI=1S/C19H16ClF4N5O2S/c1-32(30,31)18-11-4-6-25-9-15(11)29(28-18)14(3-2-5-19(22,23)24)17-26-13-8-10(20)7-12(21)16(13)27-17/h4,6-9,14H,2-3,5H2,1H3,(H,26,27). The molecule has 0 aliphatic carbocycles. The quantitative estimate of drug-likeness (QED) is 0.392. The van der Waals surface area contributed by atoms with Gasteiger partial charge in [-0.25, -0.2) is 17.8 Å². The van der Waals surface area contributed by atoms with Crippen molar-refractivity contribution in [3.05, 3.63) is 47.3 Å². The number of hydrogen-bond donors (Lipinski definition) is 1. The van der Waals surface area contributed by atoms with Crippen LogP contribution in [-0.2, 0) is 9.84 Å². The van der Waals surface area contributed by atoms with Crippen LogP contribution in [0.1, 0.15) is 31.1 Å². The second-order valence-corrected chi connectivity index (χ2v) is 9.71. The second kappa shape index (κ2) is 8.00. The van der Waals surface area contributed by atoms with E-state index < -0.39 is 34.3 Å². The van der Waals surface area contributed by atoms with Gasteiger partial charge in [-0.15, -0.1) is 0 Å². The average Bonchev–Trinajstić information content (AvgIpc) is 3.26. The van der Waals surface area contributed by atoms with Gasteiger partial charge in [0.05, 0.1) is 17.2 Å². The van der Waals surface area contributed by atoms with Crippen LogP contribution >= 0.6 is 11.6 Å². The number of nitrogens with one attached hydrogen (secondary N) is 1. The first-order valence-corrected chi connectivity index (χ1v) is 11.6. The van der Waals surface area contributed by atoms with Crippen LogP contribution in [0, 0.1) is 5.82 Å². The Kier molecular flexibility index (Phi) is 5.61. The van der Waals surface area contributed by atoms with Crippen LogP contribution in [0.3, 0.4) is 0 Å². The van der Waals surface area contributed by atoms with Gasteiger partial charge in [-0.2, -0.15) is 18.3 Å². The van der Waals surface area contributed by atoms with E-state index in [1.165, 1.54) is 29.2 Å². The molecule has 3 heterocycles. The van der Waals surface area contributed by atoms with E-state index >= 15 is 0 Å². The number of aromatic nitrogens is 5. The number of H-pyrrole nitrogens is 1. The molecule has 13 heteroatoms. The lowest BCUT2D eigenvalue weighted by molar-refractivity contribution is -0.135. The van der Waals surface area contributed by atoms with Gasteiger partial charge < -0.3 is 4.98 Å². The molecule has 1 atom stereocenters. The molecule has 0 spiro atoms. The predicted molar refractivity (Wildman–Crippen MR) is 110 cm³/mol. The van der Waals surface area contributed by atoms with Gasteiger partial charge in [0.1, 0.15) is 17.4 Å². The van der Waals surface area contributed by atoms with Crippen LogP contribution < -0.4 is 0 Å². The number of nitrogens with zero attached hydrogens (tertiary/aromatic N) is 4. The fraction of sp³-hybridized carbons (Fsp3) is 0.316. The molecule has 7 nitrogen and oxygen atoms in total. The summed E-state index contributed by atoms with van der Waals surface area (Å²) in [5.74, 6) is -0.579. The van der Waals surface area contributed by atoms with E-state index in [1.807, 2.05) is 0 Å². The molecular weight excluding hydrogens is 474 g/mol. The molecule has 1 aromatic carbocycles. The van der Waals surface area contributed by atoms with Crippen molar-refractivity contribution >= 4 is 43.4 Å². The van der Waals surface area contributed by atoms with Crippen LogP contribution in [0.4, 0.5) is 17.6 Å². The van der Waals surface area contributed by atoms with Crippen LogP contribution in [0.2, 0.25) is 5.02 Å². The van der Waals surface area contributed by atoms with Gasteiger partial charge in [0.2, 0.25) is 0 Å². The first-order valence-electron chi connectivity index (χ1n) is 9.38. The Labute approximate surface area is 184 Å². The van der Waals surface area contributed by atoms with Crippen LogP contribution in [0.5, 0.6) is 0 Å². The summed E-state index contributed by atoms with van der Waals surface area (Å²) in [6, 6.07) is 3.03. The van der Waals surface area contributed by atoms with Gasteiger partial charge in [-0.3, -0.25) is 9.67 Å². The number of imidazole rings is 1. The lowest BCUT2D eigenvalue weighted by atomic mass is 10.1. The van der Waals surface area contributed by atoms with Crippen molar-refractivity contribution in [1.29, 1.82) is 0 Å². The third kappa shape index (κ3) is 4.42. The van der Waals surface area contributed by atoms with Crippen molar-refractivity contribution in [1.82, 2.24) is 24.7 Å². The molecule has 4 rings (SSSR count). The Morgan fingerprint density at radius 2 is 2.03 bits per heavy atom. The van der Waals surface area contributed by atoms with E-state index in [-0.39, 0.29) is 45.1 Å². The summed E-state index contributed by atoms with van der Waals surface area (Å²) in [5.41, 5.74) is 0.510. The Balaban J connectivity index is 1.89. The molecule has 0 fully saturated rings. The van der Waals surface area contributed by atoms with E-state index in [4.69, 9.17) is 11.6 Å². The van der Waals surface area contributed by atoms with E-state index in [9.17, 15) is 26.0 Å². The number of aromatic amines is 1. The maximum Gasteiger partial charge on any atom is 0.389 e. The van der Waals surface area contributed by atoms with E-state index in [0.29, 0.717) is 5.52 Å².